The van der Waals surface area contributed by atoms with E-state index in [-0.39, 0.29) is 0 Å². The first kappa shape index (κ1) is 33.0. The number of hydrogen-bond acceptors (Lipinski definition) is 2. The van der Waals surface area contributed by atoms with Crippen LogP contribution in [-0.2, 0) is 0 Å². The Kier molecular flexibility index (Phi) is 8.20. The molecule has 0 radical (unpaired) electrons. The number of rotatable bonds is 7. The van der Waals surface area contributed by atoms with Crippen molar-refractivity contribution in [1.82, 2.24) is 0 Å². The van der Waals surface area contributed by atoms with Gasteiger partial charge in [0.25, 0.3) is 0 Å². The van der Waals surface area contributed by atoms with Crippen molar-refractivity contribution in [2.24, 2.45) is 0 Å². The molecule has 3 heteroatoms. The van der Waals surface area contributed by atoms with E-state index in [1.54, 1.807) is 14.2 Å². The Hall–Kier alpha value is -6.60. The molecule has 0 amide bonds. The molecular formula is C52H37O2P. The third-order valence-corrected chi connectivity index (χ3v) is 13.6. The van der Waals surface area contributed by atoms with Crippen LogP contribution in [0.1, 0.15) is 0 Å². The zero-order valence-corrected chi connectivity index (χ0v) is 31.6. The van der Waals surface area contributed by atoms with Gasteiger partial charge in [0.2, 0.25) is 0 Å². The Bertz CT molecular complexity index is 2880. The minimum absolute atomic E-state index is 0.868. The number of fused-ring (bicyclic) bond motifs is 4. The van der Waals surface area contributed by atoms with Crippen molar-refractivity contribution in [3.05, 3.63) is 188 Å². The minimum Gasteiger partial charge on any atom is -0.496 e. The number of hydrogen-bond donors (Lipinski definition) is 0. The van der Waals surface area contributed by atoms with Crippen molar-refractivity contribution in [3.8, 4) is 60.8 Å². The topological polar surface area (TPSA) is 18.5 Å². The maximum absolute atomic E-state index is 6.20. The van der Waals surface area contributed by atoms with Gasteiger partial charge in [0.15, 0.2) is 0 Å². The quantitative estimate of drug-likeness (QED) is 0.163. The second-order valence-corrected chi connectivity index (χ2v) is 16.1. The summed E-state index contributed by atoms with van der Waals surface area (Å²) in [6, 6.07) is 68.5. The molecule has 0 aliphatic carbocycles. The van der Waals surface area contributed by atoms with E-state index in [0.717, 1.165) is 22.6 Å². The van der Waals surface area contributed by atoms with Gasteiger partial charge in [-0.3, -0.25) is 0 Å². The molecule has 9 aromatic carbocycles. The second kappa shape index (κ2) is 13.7. The van der Waals surface area contributed by atoms with Crippen molar-refractivity contribution in [3.63, 3.8) is 0 Å². The van der Waals surface area contributed by atoms with E-state index in [1.165, 1.54) is 81.2 Å². The van der Waals surface area contributed by atoms with Crippen LogP contribution in [0, 0.1) is 0 Å². The molecular weight excluding hydrogens is 688 g/mol. The van der Waals surface area contributed by atoms with E-state index in [2.05, 4.69) is 188 Å². The molecule has 0 aliphatic rings. The summed E-state index contributed by atoms with van der Waals surface area (Å²) in [7, 11) is 2.55. The summed E-state index contributed by atoms with van der Waals surface area (Å²) in [5, 5.41) is 13.5. The summed E-state index contributed by atoms with van der Waals surface area (Å²) in [5.74, 6) is 1.74. The van der Waals surface area contributed by atoms with Crippen LogP contribution in [0.25, 0.3) is 92.4 Å². The van der Waals surface area contributed by atoms with Crippen LogP contribution in [0.15, 0.2) is 188 Å². The highest BCUT2D eigenvalue weighted by atomic mass is 31.1. The standard InChI is InChI=1S/C52H37O2P/c1-53-45-30-26-36-16-8-12-22-41(36)51(45)49-39-20-10-6-14-34(39)24-28-43(49)47-32-33-48(55(47)38-18-4-3-5-19-38)44-29-25-35-15-7-11-21-40(35)50(44)52-42-23-13-9-17-37(42)27-31-46(52)54-2/h3-33H,1-2H3. The highest BCUT2D eigenvalue weighted by Gasteiger charge is 2.25. The molecule has 55 heavy (non-hydrogen) atoms. The van der Waals surface area contributed by atoms with Crippen LogP contribution < -0.4 is 9.47 Å². The summed E-state index contributed by atoms with van der Waals surface area (Å²) in [4.78, 5) is 0. The Morgan fingerprint density at radius 1 is 0.309 bits per heavy atom. The van der Waals surface area contributed by atoms with Gasteiger partial charge in [-0.05, 0) is 83.8 Å². The lowest BCUT2D eigenvalue weighted by molar-refractivity contribution is 0.417. The van der Waals surface area contributed by atoms with E-state index in [1.807, 2.05) is 0 Å². The fourth-order valence-electron chi connectivity index (χ4n) is 8.58. The number of methoxy groups -OCH3 is 2. The van der Waals surface area contributed by atoms with Crippen molar-refractivity contribution in [1.29, 1.82) is 0 Å². The first-order valence-electron chi connectivity index (χ1n) is 18.7. The molecule has 0 atom stereocenters. The largest absolute Gasteiger partial charge is 0.496 e. The Balaban J connectivity index is 1.34. The fourth-order valence-corrected chi connectivity index (χ4v) is 11.2. The summed E-state index contributed by atoms with van der Waals surface area (Å²) in [6.07, 6.45) is 0. The number of benzene rings is 9. The molecule has 0 fully saturated rings. The van der Waals surface area contributed by atoms with E-state index in [4.69, 9.17) is 9.47 Å². The van der Waals surface area contributed by atoms with Gasteiger partial charge >= 0.3 is 0 Å². The van der Waals surface area contributed by atoms with Crippen LogP contribution in [-0.4, -0.2) is 14.2 Å². The second-order valence-electron chi connectivity index (χ2n) is 13.9. The monoisotopic (exact) mass is 724 g/mol. The Labute approximate surface area is 321 Å². The minimum atomic E-state index is -1.02. The molecule has 1 heterocycles. The molecule has 10 rings (SSSR count). The normalized spacial score (nSPS) is 11.5. The van der Waals surface area contributed by atoms with Crippen molar-refractivity contribution >= 4 is 50.6 Å². The molecule has 262 valence electrons. The van der Waals surface area contributed by atoms with Crippen LogP contribution in [0.3, 0.4) is 0 Å². The third kappa shape index (κ3) is 5.41. The van der Waals surface area contributed by atoms with E-state index in [9.17, 15) is 0 Å². The molecule has 0 saturated carbocycles. The molecule has 0 unspecified atom stereocenters. The first-order chi connectivity index (χ1) is 27.2. The highest BCUT2D eigenvalue weighted by Crippen LogP contribution is 2.61. The lowest BCUT2D eigenvalue weighted by Gasteiger charge is -2.21. The summed E-state index contributed by atoms with van der Waals surface area (Å²) < 4.78 is 12.4. The summed E-state index contributed by atoms with van der Waals surface area (Å²) >= 11 is 0. The van der Waals surface area contributed by atoms with Crippen LogP contribution in [0.5, 0.6) is 11.5 Å². The molecule has 1 aromatic heterocycles. The molecule has 0 spiro atoms. The van der Waals surface area contributed by atoms with Crippen molar-refractivity contribution < 1.29 is 9.47 Å². The Morgan fingerprint density at radius 2 is 0.655 bits per heavy atom. The molecule has 2 nitrogen and oxygen atoms in total. The average molecular weight is 725 g/mol. The third-order valence-electron chi connectivity index (χ3n) is 11.0. The average Bonchev–Trinajstić information content (AvgIpc) is 3.70. The van der Waals surface area contributed by atoms with Gasteiger partial charge in [-0.15, -0.1) is 0 Å². The summed E-state index contributed by atoms with van der Waals surface area (Å²) in [6.45, 7) is 0. The predicted molar refractivity (Wildman–Crippen MR) is 235 cm³/mol. The SMILES string of the molecule is COc1ccc2ccccc2c1-c1c(-c2ccc(-c3ccc4ccccc4c3-c3c(OC)ccc4ccccc34)p2-c2ccccc2)ccc2ccccc12. The fraction of sp³-hybridized carbons (Fsp3) is 0.0385. The van der Waals surface area contributed by atoms with Crippen LogP contribution >= 0.6 is 7.53 Å². The maximum atomic E-state index is 6.20. The predicted octanol–water partition coefficient (Wildman–Crippen LogP) is 15.0. The zero-order valence-electron chi connectivity index (χ0n) is 30.7. The van der Waals surface area contributed by atoms with E-state index in [0.29, 0.717) is 0 Å². The first-order valence-corrected chi connectivity index (χ1v) is 20.0. The zero-order chi connectivity index (χ0) is 36.9. The van der Waals surface area contributed by atoms with Gasteiger partial charge < -0.3 is 9.47 Å². The van der Waals surface area contributed by atoms with E-state index >= 15 is 0 Å². The van der Waals surface area contributed by atoms with Crippen LogP contribution in [0.4, 0.5) is 0 Å². The lowest BCUT2D eigenvalue weighted by Crippen LogP contribution is -1.94. The van der Waals surface area contributed by atoms with Gasteiger partial charge in [0.05, 0.1) is 14.2 Å². The van der Waals surface area contributed by atoms with E-state index < -0.39 is 7.53 Å². The summed E-state index contributed by atoms with van der Waals surface area (Å²) in [5.41, 5.74) is 7.09. The molecule has 0 N–H and O–H groups in total. The lowest BCUT2D eigenvalue weighted by atomic mass is 9.88. The Morgan fingerprint density at radius 3 is 1.05 bits per heavy atom. The smallest absolute Gasteiger partial charge is 0.127 e. The number of ether oxygens (including phenoxy) is 2. The van der Waals surface area contributed by atoms with Crippen LogP contribution in [0.2, 0.25) is 0 Å². The van der Waals surface area contributed by atoms with Gasteiger partial charge in [-0.1, -0.05) is 171 Å². The van der Waals surface area contributed by atoms with Gasteiger partial charge in [-0.25, -0.2) is 0 Å². The van der Waals surface area contributed by atoms with Gasteiger partial charge in [-0.2, -0.15) is 0 Å². The molecule has 0 saturated heterocycles. The van der Waals surface area contributed by atoms with Crippen molar-refractivity contribution in [2.75, 3.05) is 14.2 Å². The van der Waals surface area contributed by atoms with Gasteiger partial charge in [0, 0.05) is 32.8 Å². The maximum Gasteiger partial charge on any atom is 0.127 e. The van der Waals surface area contributed by atoms with Gasteiger partial charge in [0.1, 0.15) is 11.5 Å². The molecule has 0 bridgehead atoms. The molecule has 10 aromatic rings. The highest BCUT2D eigenvalue weighted by molar-refractivity contribution is 7.63. The molecule has 0 aliphatic heterocycles. The van der Waals surface area contributed by atoms with Crippen molar-refractivity contribution in [2.45, 2.75) is 0 Å².